The predicted molar refractivity (Wildman–Crippen MR) is 168 cm³/mol. The Kier molecular flexibility index (Phi) is 9.38. The first-order valence-electron chi connectivity index (χ1n) is 16.1. The highest BCUT2D eigenvalue weighted by Gasteiger charge is 2.58. The minimum atomic E-state index is -4.55. The van der Waals surface area contributed by atoms with Crippen molar-refractivity contribution >= 4 is 17.6 Å². The number of anilines is 1. The normalized spacial score (nSPS) is 26.5. The Morgan fingerprint density at radius 1 is 1.00 bits per heavy atom. The first-order chi connectivity index (χ1) is 21.6. The molecule has 0 aromatic heterocycles. The van der Waals surface area contributed by atoms with Gasteiger partial charge in [0.1, 0.15) is 5.75 Å². The van der Waals surface area contributed by atoms with Crippen LogP contribution in [0.1, 0.15) is 75.5 Å². The molecule has 1 N–H and O–H groups in total. The molecule has 1 amide bonds. The summed E-state index contributed by atoms with van der Waals surface area (Å²) in [7, 11) is 1.56. The third-order valence-electron chi connectivity index (χ3n) is 10.4. The molecular weight excluding hydrogens is 602 g/mol. The number of rotatable bonds is 7. The van der Waals surface area contributed by atoms with Crippen LogP contribution in [0.25, 0.3) is 0 Å². The molecule has 0 radical (unpaired) electrons. The summed E-state index contributed by atoms with van der Waals surface area (Å²) in [4.78, 5) is 31.3. The fourth-order valence-electron chi connectivity index (χ4n) is 7.49. The maximum Gasteiger partial charge on any atom is 0.416 e. The third-order valence-corrected chi connectivity index (χ3v) is 10.4. The molecule has 0 unspecified atom stereocenters. The van der Waals surface area contributed by atoms with Crippen molar-refractivity contribution in [2.24, 2.45) is 11.8 Å². The minimum Gasteiger partial charge on any atom is -0.497 e. The number of carboxylic acids is 1. The minimum absolute atomic E-state index is 0.0615. The van der Waals surface area contributed by atoms with Crippen LogP contribution in [0.3, 0.4) is 0 Å². The lowest BCUT2D eigenvalue weighted by Crippen LogP contribution is -2.51. The average Bonchev–Trinajstić information content (AvgIpc) is 3.62. The summed E-state index contributed by atoms with van der Waals surface area (Å²) in [6, 6.07) is 10.9. The number of amides is 1. The van der Waals surface area contributed by atoms with Gasteiger partial charge in [0, 0.05) is 62.3 Å². The van der Waals surface area contributed by atoms with Crippen molar-refractivity contribution in [3.63, 3.8) is 0 Å². The molecule has 11 heteroatoms. The molecule has 0 spiro atoms. The Balaban J connectivity index is 1.47. The molecule has 3 aliphatic heterocycles. The second-order valence-corrected chi connectivity index (χ2v) is 14.1. The zero-order chi connectivity index (χ0) is 33.6. The van der Waals surface area contributed by atoms with E-state index in [0.29, 0.717) is 68.0 Å². The van der Waals surface area contributed by atoms with Crippen LogP contribution >= 0.6 is 0 Å². The molecule has 0 saturated carbocycles. The molecule has 0 bridgehead atoms. The summed E-state index contributed by atoms with van der Waals surface area (Å²) in [5, 5.41) is 9.46. The summed E-state index contributed by atoms with van der Waals surface area (Å²) in [5.74, 6) is -2.47. The summed E-state index contributed by atoms with van der Waals surface area (Å²) in [6.07, 6.45) is -3.23. The summed E-state index contributed by atoms with van der Waals surface area (Å²) < 4.78 is 64.3. The summed E-state index contributed by atoms with van der Waals surface area (Å²) in [5.41, 5.74) is -1.53. The number of likely N-dealkylation sites (tertiary alicyclic amines) is 2. The van der Waals surface area contributed by atoms with Gasteiger partial charge in [-0.1, -0.05) is 31.5 Å². The first kappa shape index (κ1) is 34.0. The van der Waals surface area contributed by atoms with Crippen LogP contribution in [0.5, 0.6) is 5.75 Å². The topological polar surface area (TPSA) is 73.3 Å². The number of piperidine rings is 1. The number of alkyl halides is 4. The number of halogens is 4. The van der Waals surface area contributed by atoms with Gasteiger partial charge < -0.3 is 19.6 Å². The smallest absolute Gasteiger partial charge is 0.416 e. The Hall–Kier alpha value is -3.34. The van der Waals surface area contributed by atoms with Gasteiger partial charge in [-0.25, -0.2) is 4.39 Å². The Morgan fingerprint density at radius 2 is 1.65 bits per heavy atom. The van der Waals surface area contributed by atoms with E-state index in [0.717, 1.165) is 12.1 Å². The fraction of sp³-hybridized carbons (Fsp3) is 0.600. The molecule has 3 heterocycles. The molecule has 3 aliphatic rings. The zero-order valence-corrected chi connectivity index (χ0v) is 27.2. The van der Waals surface area contributed by atoms with Gasteiger partial charge in [0.05, 0.1) is 18.6 Å². The van der Waals surface area contributed by atoms with E-state index in [1.54, 1.807) is 36.3 Å². The molecular formula is C35H45F4N3O4. The first-order valence-corrected chi connectivity index (χ1v) is 16.1. The third kappa shape index (κ3) is 6.57. The van der Waals surface area contributed by atoms with Gasteiger partial charge in [-0.15, -0.1) is 0 Å². The van der Waals surface area contributed by atoms with E-state index in [4.69, 9.17) is 4.74 Å². The van der Waals surface area contributed by atoms with Gasteiger partial charge in [0.2, 0.25) is 5.67 Å². The standard InChI is InChI=1S/C35H45F4N3O4/c1-6-22-18-41(32(45)34(36)21-42(33(2,3)4)20-29(34)23-7-10-26(46-5)11-8-23)19-28(22)27-12-9-25(35(37,38)39)17-30(27)40-15-13-24(14-16-40)31(43)44/h7-12,17,22,24,28-29H,6,13-16,18-21H2,1-5H3,(H,43,44)/t22-,28-,29-,34-/m0/s1. The van der Waals surface area contributed by atoms with Crippen molar-refractivity contribution in [2.45, 2.75) is 76.2 Å². The SMILES string of the molecule is CC[C@H]1CN(C(=O)[C@]2(F)CN(C(C)(C)C)C[C@H]2c2ccc(OC)cc2)C[C@@H]1c1ccc(C(F)(F)F)cc1N1CCC(C(=O)O)CC1. The van der Waals surface area contributed by atoms with Gasteiger partial charge in [-0.2, -0.15) is 13.2 Å². The van der Waals surface area contributed by atoms with Gasteiger partial charge in [0.15, 0.2) is 0 Å². The van der Waals surface area contributed by atoms with Crippen LogP contribution in [0.2, 0.25) is 0 Å². The summed E-state index contributed by atoms with van der Waals surface area (Å²) >= 11 is 0. The number of aliphatic carboxylic acids is 1. The Morgan fingerprint density at radius 3 is 2.20 bits per heavy atom. The van der Waals surface area contributed by atoms with E-state index in [1.807, 2.05) is 37.5 Å². The predicted octanol–water partition coefficient (Wildman–Crippen LogP) is 6.57. The second-order valence-electron chi connectivity index (χ2n) is 14.1. The molecule has 252 valence electrons. The number of hydrogen-bond acceptors (Lipinski definition) is 5. The largest absolute Gasteiger partial charge is 0.497 e. The van der Waals surface area contributed by atoms with Crippen LogP contribution < -0.4 is 9.64 Å². The lowest BCUT2D eigenvalue weighted by Gasteiger charge is -2.35. The van der Waals surface area contributed by atoms with Crippen LogP contribution in [0, 0.1) is 11.8 Å². The molecule has 3 saturated heterocycles. The number of methoxy groups -OCH3 is 1. The zero-order valence-electron chi connectivity index (χ0n) is 27.2. The van der Waals surface area contributed by atoms with Crippen molar-refractivity contribution in [1.29, 1.82) is 0 Å². The second kappa shape index (κ2) is 12.7. The fourth-order valence-corrected chi connectivity index (χ4v) is 7.49. The number of carbonyl (C=O) groups is 2. The van der Waals surface area contributed by atoms with Gasteiger partial charge >= 0.3 is 12.1 Å². The highest BCUT2D eigenvalue weighted by atomic mass is 19.4. The van der Waals surface area contributed by atoms with Crippen LogP contribution in [-0.4, -0.2) is 84.4 Å². The van der Waals surface area contributed by atoms with Gasteiger partial charge in [-0.3, -0.25) is 14.5 Å². The number of nitrogens with zero attached hydrogens (tertiary/aromatic N) is 3. The van der Waals surface area contributed by atoms with E-state index in [2.05, 4.69) is 0 Å². The monoisotopic (exact) mass is 647 g/mol. The van der Waals surface area contributed by atoms with Crippen LogP contribution in [0.15, 0.2) is 42.5 Å². The Labute approximate surface area is 268 Å². The maximum absolute atomic E-state index is 17.4. The van der Waals surface area contributed by atoms with Gasteiger partial charge in [-0.05, 0) is 74.9 Å². The van der Waals surface area contributed by atoms with Crippen molar-refractivity contribution in [2.75, 3.05) is 51.3 Å². The van der Waals surface area contributed by atoms with E-state index < -0.39 is 41.1 Å². The number of benzene rings is 2. The lowest BCUT2D eigenvalue weighted by atomic mass is 9.84. The highest BCUT2D eigenvalue weighted by molar-refractivity contribution is 5.88. The quantitative estimate of drug-likeness (QED) is 0.343. The van der Waals surface area contributed by atoms with Crippen molar-refractivity contribution in [1.82, 2.24) is 9.80 Å². The van der Waals surface area contributed by atoms with Crippen LogP contribution in [-0.2, 0) is 15.8 Å². The van der Waals surface area contributed by atoms with Crippen LogP contribution in [0.4, 0.5) is 23.2 Å². The van der Waals surface area contributed by atoms with E-state index >= 15 is 4.39 Å². The van der Waals surface area contributed by atoms with E-state index in [9.17, 15) is 27.9 Å². The van der Waals surface area contributed by atoms with Crippen molar-refractivity contribution in [3.8, 4) is 5.75 Å². The van der Waals surface area contributed by atoms with Crippen molar-refractivity contribution in [3.05, 3.63) is 59.2 Å². The molecule has 2 aromatic rings. The number of carboxylic acid groups (broad SMARTS) is 1. The maximum atomic E-state index is 17.4. The molecule has 3 fully saturated rings. The Bertz CT molecular complexity index is 1420. The molecule has 4 atom stereocenters. The summed E-state index contributed by atoms with van der Waals surface area (Å²) in [6.45, 7) is 9.41. The number of hydrogen-bond donors (Lipinski definition) is 1. The average molecular weight is 648 g/mol. The highest BCUT2D eigenvalue weighted by Crippen LogP contribution is 2.47. The van der Waals surface area contributed by atoms with E-state index in [-0.39, 0.29) is 30.5 Å². The van der Waals surface area contributed by atoms with Crippen molar-refractivity contribution < 1.29 is 37.0 Å². The molecule has 5 rings (SSSR count). The van der Waals surface area contributed by atoms with E-state index in [1.165, 1.54) is 6.07 Å². The molecule has 7 nitrogen and oxygen atoms in total. The number of carbonyl (C=O) groups excluding carboxylic acids is 1. The number of ether oxygens (including phenoxy) is 1. The van der Waals surface area contributed by atoms with Gasteiger partial charge in [0.25, 0.3) is 5.91 Å². The molecule has 0 aliphatic carbocycles. The molecule has 2 aromatic carbocycles. The lowest BCUT2D eigenvalue weighted by molar-refractivity contribution is -0.143. The molecule has 46 heavy (non-hydrogen) atoms.